The van der Waals surface area contributed by atoms with Gasteiger partial charge < -0.3 is 9.25 Å². The van der Waals surface area contributed by atoms with E-state index in [2.05, 4.69) is 19.3 Å². The molecule has 0 spiro atoms. The smallest absolute Gasteiger partial charge is 0.366 e. The fourth-order valence-corrected chi connectivity index (χ4v) is 4.36. The summed E-state index contributed by atoms with van der Waals surface area (Å²) in [7, 11) is 0. The fraction of sp³-hybridized carbons (Fsp3) is 0.370. The lowest BCUT2D eigenvalue weighted by atomic mass is 9.89. The lowest BCUT2D eigenvalue weighted by Crippen LogP contribution is -2.34. The van der Waals surface area contributed by atoms with Gasteiger partial charge in [-0.1, -0.05) is 63.4 Å². The molecule has 0 saturated heterocycles. The topological polar surface area (TPSA) is 85.6 Å². The highest BCUT2D eigenvalue weighted by Gasteiger charge is 2.24. The van der Waals surface area contributed by atoms with Gasteiger partial charge in [0.25, 0.3) is 5.91 Å². The van der Waals surface area contributed by atoms with Gasteiger partial charge in [0, 0.05) is 17.0 Å². The minimum absolute atomic E-state index is 0.0913. The van der Waals surface area contributed by atoms with Crippen molar-refractivity contribution in [1.29, 1.82) is 0 Å². The largest absolute Gasteiger partial charge is 0.455 e. The highest BCUT2D eigenvalue weighted by molar-refractivity contribution is 6.02. The summed E-state index contributed by atoms with van der Waals surface area (Å²) in [6.07, 6.45) is 4.72. The molecule has 1 fully saturated rings. The first-order chi connectivity index (χ1) is 15.9. The number of hydrogen-bond donors (Lipinski definition) is 1. The van der Waals surface area contributed by atoms with Crippen LogP contribution in [-0.2, 0) is 9.63 Å². The minimum Gasteiger partial charge on any atom is -0.455 e. The summed E-state index contributed by atoms with van der Waals surface area (Å²) in [5, 5.41) is 0.295. The van der Waals surface area contributed by atoms with Gasteiger partial charge in [-0.25, -0.2) is 4.79 Å². The van der Waals surface area contributed by atoms with Gasteiger partial charge in [-0.05, 0) is 43.4 Å². The van der Waals surface area contributed by atoms with Gasteiger partial charge in [0.05, 0.1) is 5.39 Å². The quantitative estimate of drug-likeness (QED) is 0.522. The van der Waals surface area contributed by atoms with Gasteiger partial charge in [-0.3, -0.25) is 9.59 Å². The van der Waals surface area contributed by atoms with Gasteiger partial charge in [0.2, 0.25) is 0 Å². The Morgan fingerprint density at radius 2 is 1.73 bits per heavy atom. The Morgan fingerprint density at radius 1 is 1.03 bits per heavy atom. The molecule has 33 heavy (non-hydrogen) atoms. The molecule has 0 unspecified atom stereocenters. The summed E-state index contributed by atoms with van der Waals surface area (Å²) in [6, 6.07) is 12.6. The van der Waals surface area contributed by atoms with Crippen LogP contribution in [0.1, 0.15) is 73.4 Å². The Kier molecular flexibility index (Phi) is 6.63. The number of benzene rings is 2. The number of carbonyl (C=O) groups is 2. The average molecular weight is 448 g/mol. The fourth-order valence-electron chi connectivity index (χ4n) is 4.36. The van der Waals surface area contributed by atoms with Gasteiger partial charge in [0.1, 0.15) is 11.3 Å². The summed E-state index contributed by atoms with van der Waals surface area (Å²) in [4.78, 5) is 43.3. The van der Waals surface area contributed by atoms with Crippen LogP contribution in [0.2, 0.25) is 0 Å². The van der Waals surface area contributed by atoms with Crippen molar-refractivity contribution in [2.45, 2.75) is 58.8 Å². The number of hydroxylamine groups is 1. The van der Waals surface area contributed by atoms with Gasteiger partial charge in [-0.15, -0.1) is 0 Å². The molecule has 0 bridgehead atoms. The molecule has 0 aliphatic heterocycles. The van der Waals surface area contributed by atoms with Crippen molar-refractivity contribution in [2.24, 2.45) is 5.92 Å². The third-order valence-electron chi connectivity index (χ3n) is 6.42. The Balaban J connectivity index is 1.65. The number of para-hydroxylation sites is 1. The third-order valence-corrected chi connectivity index (χ3v) is 6.42. The van der Waals surface area contributed by atoms with Gasteiger partial charge in [0.15, 0.2) is 11.0 Å². The number of fused-ring (bicyclic) bond motifs is 1. The number of amides is 1. The van der Waals surface area contributed by atoms with Crippen LogP contribution >= 0.6 is 0 Å². The molecule has 2 aromatic carbocycles. The molecule has 1 saturated carbocycles. The monoisotopic (exact) mass is 447 g/mol. The van der Waals surface area contributed by atoms with E-state index in [0.29, 0.717) is 22.6 Å². The van der Waals surface area contributed by atoms with Crippen molar-refractivity contribution in [1.82, 2.24) is 5.48 Å². The van der Waals surface area contributed by atoms with E-state index in [4.69, 9.17) is 9.25 Å². The summed E-state index contributed by atoms with van der Waals surface area (Å²) in [5.74, 6) is -0.396. The van der Waals surface area contributed by atoms with Crippen molar-refractivity contribution in [3.8, 4) is 11.3 Å². The van der Waals surface area contributed by atoms with E-state index in [1.807, 2.05) is 24.3 Å². The van der Waals surface area contributed by atoms with Crippen molar-refractivity contribution < 1.29 is 18.8 Å². The van der Waals surface area contributed by atoms with Gasteiger partial charge >= 0.3 is 5.97 Å². The average Bonchev–Trinajstić information content (AvgIpc) is 2.84. The van der Waals surface area contributed by atoms with E-state index in [1.54, 1.807) is 19.1 Å². The second-order valence-electron chi connectivity index (χ2n) is 9.04. The van der Waals surface area contributed by atoms with Crippen LogP contribution in [0, 0.1) is 12.8 Å². The molecule has 0 atom stereocenters. The Bertz CT molecular complexity index is 1230. The van der Waals surface area contributed by atoms with Crippen LogP contribution in [0.25, 0.3) is 22.3 Å². The highest BCUT2D eigenvalue weighted by Crippen LogP contribution is 2.29. The third kappa shape index (κ3) is 4.70. The van der Waals surface area contributed by atoms with E-state index in [0.717, 1.165) is 37.7 Å². The molecule has 6 nitrogen and oxygen atoms in total. The SMILES string of the molecule is Cc1c(-c2ccc(C(C)C)cc2)oc2c(C(=O)ONC(=O)C3CCCCC3)cccc2c1=O. The lowest BCUT2D eigenvalue weighted by Gasteiger charge is -2.20. The number of hydrogen-bond acceptors (Lipinski definition) is 5. The van der Waals surface area contributed by atoms with Crippen molar-refractivity contribution in [3.05, 3.63) is 69.4 Å². The van der Waals surface area contributed by atoms with Crippen LogP contribution < -0.4 is 10.9 Å². The first-order valence-electron chi connectivity index (χ1n) is 11.5. The van der Waals surface area contributed by atoms with Gasteiger partial charge in [-0.2, -0.15) is 5.48 Å². The Hall–Kier alpha value is -3.41. The molecular weight excluding hydrogens is 418 g/mol. The molecule has 1 aliphatic rings. The van der Waals surface area contributed by atoms with Crippen LogP contribution in [0.5, 0.6) is 0 Å². The van der Waals surface area contributed by atoms with E-state index in [9.17, 15) is 14.4 Å². The van der Waals surface area contributed by atoms with Crippen LogP contribution in [-0.4, -0.2) is 11.9 Å². The van der Waals surface area contributed by atoms with E-state index < -0.39 is 5.97 Å². The van der Waals surface area contributed by atoms with Crippen molar-refractivity contribution in [3.63, 3.8) is 0 Å². The van der Waals surface area contributed by atoms with E-state index in [1.165, 1.54) is 11.6 Å². The van der Waals surface area contributed by atoms with Crippen LogP contribution in [0.4, 0.5) is 0 Å². The number of rotatable bonds is 4. The summed E-state index contributed by atoms with van der Waals surface area (Å²) in [5.41, 5.74) is 4.73. The molecule has 0 radical (unpaired) electrons. The maximum atomic E-state index is 13.1. The van der Waals surface area contributed by atoms with Crippen molar-refractivity contribution in [2.75, 3.05) is 0 Å². The highest BCUT2D eigenvalue weighted by atomic mass is 16.7. The molecule has 1 amide bonds. The zero-order valence-electron chi connectivity index (χ0n) is 19.3. The Morgan fingerprint density at radius 3 is 2.39 bits per heavy atom. The zero-order valence-corrected chi connectivity index (χ0v) is 19.3. The van der Waals surface area contributed by atoms with Crippen molar-refractivity contribution >= 4 is 22.8 Å². The molecule has 3 aromatic rings. The Labute approximate surface area is 192 Å². The van der Waals surface area contributed by atoms with Crippen LogP contribution in [0.15, 0.2) is 51.7 Å². The second kappa shape index (κ2) is 9.61. The van der Waals surface area contributed by atoms with E-state index in [-0.39, 0.29) is 28.4 Å². The molecule has 1 aromatic heterocycles. The summed E-state index contributed by atoms with van der Waals surface area (Å²) in [6.45, 7) is 5.94. The maximum absolute atomic E-state index is 13.1. The normalized spacial score (nSPS) is 14.4. The predicted octanol–water partition coefficient (Wildman–Crippen LogP) is 5.66. The first kappa shape index (κ1) is 22.8. The molecular formula is C27H29NO5. The molecule has 6 heteroatoms. The number of nitrogens with one attached hydrogen (secondary N) is 1. The van der Waals surface area contributed by atoms with Crippen LogP contribution in [0.3, 0.4) is 0 Å². The molecule has 172 valence electrons. The molecule has 1 heterocycles. The number of carbonyl (C=O) groups excluding carboxylic acids is 2. The standard InChI is InChI=1S/C27H29NO5/c1-16(2)18-12-14-19(15-13-18)24-17(3)23(29)21-10-7-11-22(25(21)32-24)27(31)33-28-26(30)20-8-5-4-6-9-20/h7,10-16,20H,4-6,8-9H2,1-3H3,(H,28,30). The predicted molar refractivity (Wildman–Crippen MR) is 127 cm³/mol. The first-order valence-corrected chi connectivity index (χ1v) is 11.5. The van der Waals surface area contributed by atoms with E-state index >= 15 is 0 Å². The molecule has 1 aliphatic carbocycles. The maximum Gasteiger partial charge on any atom is 0.366 e. The lowest BCUT2D eigenvalue weighted by molar-refractivity contribution is -0.135. The zero-order chi connectivity index (χ0) is 23.5. The summed E-state index contributed by atoms with van der Waals surface area (Å²) < 4.78 is 6.12. The minimum atomic E-state index is -0.766. The molecule has 1 N–H and O–H groups in total. The summed E-state index contributed by atoms with van der Waals surface area (Å²) >= 11 is 0. The second-order valence-corrected chi connectivity index (χ2v) is 9.04. The molecule has 4 rings (SSSR count).